The number of nitrogens with two attached hydrogens (primary N) is 2. The fraction of sp³-hybridized carbons (Fsp3) is 0.200. The number of carbonyl (C=O) groups excluding carboxylic acids is 1. The van der Waals surface area contributed by atoms with E-state index in [2.05, 4.69) is 10.3 Å². The van der Waals surface area contributed by atoms with E-state index in [1.54, 1.807) is 12.1 Å². The van der Waals surface area contributed by atoms with Crippen LogP contribution in [0.15, 0.2) is 36.4 Å². The van der Waals surface area contributed by atoms with Crippen molar-refractivity contribution < 1.29 is 4.79 Å². The zero-order chi connectivity index (χ0) is 14.7. The van der Waals surface area contributed by atoms with Crippen LogP contribution in [0.4, 0.5) is 11.5 Å². The normalized spacial score (nSPS) is 11.9. The number of hydrogen-bond acceptors (Lipinski definition) is 4. The van der Waals surface area contributed by atoms with Gasteiger partial charge in [0.05, 0.1) is 0 Å². The van der Waals surface area contributed by atoms with Gasteiger partial charge in [0.25, 0.3) is 0 Å². The number of carbonyl (C=O) groups is 1. The number of aromatic nitrogens is 1. The minimum absolute atomic E-state index is 0.0469. The minimum atomic E-state index is -0.460. The second kappa shape index (κ2) is 5.61. The van der Waals surface area contributed by atoms with Gasteiger partial charge in [0.15, 0.2) is 0 Å². The molecule has 1 aromatic heterocycles. The Hall–Kier alpha value is -2.56. The third-order valence-electron chi connectivity index (χ3n) is 3.04. The van der Waals surface area contributed by atoms with Crippen molar-refractivity contribution in [3.05, 3.63) is 53.2 Å². The molecule has 2 rings (SSSR count). The van der Waals surface area contributed by atoms with Crippen molar-refractivity contribution in [3.8, 4) is 0 Å². The van der Waals surface area contributed by atoms with Crippen LogP contribution >= 0.6 is 0 Å². The Morgan fingerprint density at radius 2 is 1.90 bits per heavy atom. The molecule has 0 bridgehead atoms. The Bertz CT molecular complexity index is 622. The molecule has 1 unspecified atom stereocenters. The van der Waals surface area contributed by atoms with Gasteiger partial charge < -0.3 is 16.8 Å². The standard InChI is InChI=1S/C15H18N4O/c1-9-7-12(15(17)20)8-14(18-9)19-10(2)11-3-5-13(16)6-4-11/h3-8,10H,16H2,1-2H3,(H2,17,20)(H,18,19). The molecule has 20 heavy (non-hydrogen) atoms. The molecule has 1 amide bonds. The fourth-order valence-corrected chi connectivity index (χ4v) is 1.97. The van der Waals surface area contributed by atoms with E-state index in [1.165, 1.54) is 0 Å². The molecule has 0 saturated carbocycles. The van der Waals surface area contributed by atoms with Gasteiger partial charge in [0.2, 0.25) is 5.91 Å². The molecule has 0 saturated heterocycles. The van der Waals surface area contributed by atoms with Crippen LogP contribution < -0.4 is 16.8 Å². The van der Waals surface area contributed by atoms with Crippen LogP contribution in [-0.4, -0.2) is 10.9 Å². The van der Waals surface area contributed by atoms with E-state index < -0.39 is 5.91 Å². The van der Waals surface area contributed by atoms with E-state index in [9.17, 15) is 4.79 Å². The van der Waals surface area contributed by atoms with E-state index in [-0.39, 0.29) is 6.04 Å². The lowest BCUT2D eigenvalue weighted by molar-refractivity contribution is 0.1000. The molecule has 0 spiro atoms. The first kappa shape index (κ1) is 13.9. The molecule has 5 nitrogen and oxygen atoms in total. The summed E-state index contributed by atoms with van der Waals surface area (Å²) in [7, 11) is 0. The maximum absolute atomic E-state index is 11.3. The topological polar surface area (TPSA) is 94.0 Å². The number of nitrogens with zero attached hydrogens (tertiary/aromatic N) is 1. The number of amides is 1. The molecule has 0 aliphatic rings. The summed E-state index contributed by atoms with van der Waals surface area (Å²) in [6.45, 7) is 3.84. The van der Waals surface area contributed by atoms with Crippen molar-refractivity contribution in [2.24, 2.45) is 5.73 Å². The molecule has 104 valence electrons. The van der Waals surface area contributed by atoms with Crippen LogP contribution in [0.25, 0.3) is 0 Å². The number of nitrogens with one attached hydrogen (secondary N) is 1. The van der Waals surface area contributed by atoms with E-state index >= 15 is 0 Å². The molecule has 5 heteroatoms. The molecule has 1 atom stereocenters. The van der Waals surface area contributed by atoms with Gasteiger partial charge in [-0.1, -0.05) is 12.1 Å². The maximum atomic E-state index is 11.3. The summed E-state index contributed by atoms with van der Waals surface area (Å²) in [4.78, 5) is 15.6. The summed E-state index contributed by atoms with van der Waals surface area (Å²) in [6.07, 6.45) is 0. The SMILES string of the molecule is Cc1cc(C(N)=O)cc(NC(C)c2ccc(N)cc2)n1. The second-order valence-electron chi connectivity index (χ2n) is 4.78. The maximum Gasteiger partial charge on any atom is 0.248 e. The molecule has 5 N–H and O–H groups in total. The van der Waals surface area contributed by atoms with Crippen LogP contribution in [0, 0.1) is 6.92 Å². The number of nitrogen functional groups attached to an aromatic ring is 1. The van der Waals surface area contributed by atoms with Crippen molar-refractivity contribution in [1.82, 2.24) is 4.98 Å². The van der Waals surface area contributed by atoms with Crippen molar-refractivity contribution >= 4 is 17.4 Å². The third kappa shape index (κ3) is 3.26. The summed E-state index contributed by atoms with van der Waals surface area (Å²) >= 11 is 0. The quantitative estimate of drug-likeness (QED) is 0.743. The van der Waals surface area contributed by atoms with Gasteiger partial charge in [0, 0.05) is 23.0 Å². The van der Waals surface area contributed by atoms with E-state index in [0.29, 0.717) is 11.4 Å². The van der Waals surface area contributed by atoms with Gasteiger partial charge >= 0.3 is 0 Å². The van der Waals surface area contributed by atoms with Gasteiger partial charge in [0.1, 0.15) is 5.82 Å². The lowest BCUT2D eigenvalue weighted by atomic mass is 10.1. The lowest BCUT2D eigenvalue weighted by Gasteiger charge is -2.16. The summed E-state index contributed by atoms with van der Waals surface area (Å²) < 4.78 is 0. The Labute approximate surface area is 118 Å². The highest BCUT2D eigenvalue weighted by Gasteiger charge is 2.09. The highest BCUT2D eigenvalue weighted by Crippen LogP contribution is 2.20. The van der Waals surface area contributed by atoms with Crippen molar-refractivity contribution in [2.45, 2.75) is 19.9 Å². The van der Waals surface area contributed by atoms with Gasteiger partial charge in [-0.15, -0.1) is 0 Å². The Balaban J connectivity index is 2.21. The zero-order valence-electron chi connectivity index (χ0n) is 11.6. The van der Waals surface area contributed by atoms with E-state index in [1.807, 2.05) is 38.1 Å². The molecule has 1 heterocycles. The Morgan fingerprint density at radius 3 is 2.50 bits per heavy atom. The van der Waals surface area contributed by atoms with Crippen LogP contribution in [0.5, 0.6) is 0 Å². The molecule has 0 aliphatic heterocycles. The van der Waals surface area contributed by atoms with Crippen molar-refractivity contribution in [1.29, 1.82) is 0 Å². The molecule has 0 aliphatic carbocycles. The largest absolute Gasteiger partial charge is 0.399 e. The average molecular weight is 270 g/mol. The highest BCUT2D eigenvalue weighted by molar-refractivity contribution is 5.93. The van der Waals surface area contributed by atoms with Crippen LogP contribution in [-0.2, 0) is 0 Å². The van der Waals surface area contributed by atoms with Gasteiger partial charge in [-0.2, -0.15) is 0 Å². The second-order valence-corrected chi connectivity index (χ2v) is 4.78. The number of aryl methyl sites for hydroxylation is 1. The first-order chi connectivity index (χ1) is 9.45. The third-order valence-corrected chi connectivity index (χ3v) is 3.04. The number of rotatable bonds is 4. The summed E-state index contributed by atoms with van der Waals surface area (Å²) in [6, 6.07) is 11.0. The van der Waals surface area contributed by atoms with Crippen LogP contribution in [0.1, 0.15) is 34.6 Å². The Morgan fingerprint density at radius 1 is 1.25 bits per heavy atom. The van der Waals surface area contributed by atoms with E-state index in [0.717, 1.165) is 16.9 Å². The molecular formula is C15H18N4O. The number of anilines is 2. The first-order valence-electron chi connectivity index (χ1n) is 6.36. The van der Waals surface area contributed by atoms with Gasteiger partial charge in [-0.05, 0) is 43.7 Å². The first-order valence-corrected chi connectivity index (χ1v) is 6.36. The fourth-order valence-electron chi connectivity index (χ4n) is 1.97. The van der Waals surface area contributed by atoms with Crippen molar-refractivity contribution in [3.63, 3.8) is 0 Å². The molecular weight excluding hydrogens is 252 g/mol. The van der Waals surface area contributed by atoms with Crippen molar-refractivity contribution in [2.75, 3.05) is 11.1 Å². The summed E-state index contributed by atoms with van der Waals surface area (Å²) in [5.41, 5.74) is 14.0. The smallest absolute Gasteiger partial charge is 0.248 e. The molecule has 0 radical (unpaired) electrons. The summed E-state index contributed by atoms with van der Waals surface area (Å²) in [5, 5.41) is 3.25. The van der Waals surface area contributed by atoms with E-state index in [4.69, 9.17) is 11.5 Å². The van der Waals surface area contributed by atoms with Crippen LogP contribution in [0.3, 0.4) is 0 Å². The molecule has 2 aromatic rings. The highest BCUT2D eigenvalue weighted by atomic mass is 16.1. The number of primary amides is 1. The average Bonchev–Trinajstić information content (AvgIpc) is 2.38. The number of benzene rings is 1. The molecule has 1 aromatic carbocycles. The van der Waals surface area contributed by atoms with Gasteiger partial charge in [-0.3, -0.25) is 4.79 Å². The predicted octanol–water partition coefficient (Wildman–Crippen LogP) is 2.24. The Kier molecular flexibility index (Phi) is 3.89. The monoisotopic (exact) mass is 270 g/mol. The number of pyridine rings is 1. The van der Waals surface area contributed by atoms with Gasteiger partial charge in [-0.25, -0.2) is 4.98 Å². The summed E-state index contributed by atoms with van der Waals surface area (Å²) in [5.74, 6) is 0.168. The predicted molar refractivity (Wildman–Crippen MR) is 80.4 cm³/mol. The van der Waals surface area contributed by atoms with Crippen LogP contribution in [0.2, 0.25) is 0 Å². The lowest BCUT2D eigenvalue weighted by Crippen LogP contribution is -2.14. The molecule has 0 fully saturated rings. The zero-order valence-corrected chi connectivity index (χ0v) is 11.6. The number of hydrogen-bond donors (Lipinski definition) is 3. The minimum Gasteiger partial charge on any atom is -0.399 e.